The molecule has 0 aliphatic carbocycles. The molecule has 1 saturated heterocycles. The smallest absolute Gasteiger partial charge is 0.324 e. The first-order chi connectivity index (χ1) is 15.1. The van der Waals surface area contributed by atoms with Gasteiger partial charge in [0, 0.05) is 23.1 Å². The molecular weight excluding hydrogens is 450 g/mol. The van der Waals surface area contributed by atoms with Gasteiger partial charge in [0.2, 0.25) is 10.0 Å². The summed E-state index contributed by atoms with van der Waals surface area (Å²) in [5.41, 5.74) is -0.658. The van der Waals surface area contributed by atoms with Gasteiger partial charge in [-0.15, -0.1) is 11.8 Å². The van der Waals surface area contributed by atoms with Crippen molar-refractivity contribution in [1.82, 2.24) is 4.31 Å². The molecule has 2 aromatic carbocycles. The molecule has 2 aromatic rings. The maximum absolute atomic E-state index is 13.5. The number of nitrogens with zero attached hydrogens (tertiary/aromatic N) is 1. The minimum absolute atomic E-state index is 0.0526. The maximum atomic E-state index is 13.5. The van der Waals surface area contributed by atoms with Gasteiger partial charge in [0.25, 0.3) is 0 Å². The Morgan fingerprint density at radius 2 is 1.78 bits per heavy atom. The van der Waals surface area contributed by atoms with Crippen molar-refractivity contribution in [2.45, 2.75) is 35.8 Å². The second-order valence-corrected chi connectivity index (χ2v) is 11.4. The molecule has 3 atom stereocenters. The second kappa shape index (κ2) is 9.82. The molecule has 174 valence electrons. The number of aliphatic hydroxyl groups excluding tert-OH is 1. The largest absolute Gasteiger partial charge is 0.497 e. The van der Waals surface area contributed by atoms with E-state index in [0.717, 1.165) is 4.90 Å². The first-order valence-corrected chi connectivity index (χ1v) is 12.6. The van der Waals surface area contributed by atoms with Gasteiger partial charge in [-0.05, 0) is 41.8 Å². The monoisotopic (exact) mass is 479 g/mol. The third kappa shape index (κ3) is 4.96. The fraction of sp³-hybridized carbons (Fsp3) is 0.435. The van der Waals surface area contributed by atoms with Crippen LogP contribution in [0.15, 0.2) is 64.4 Å². The van der Waals surface area contributed by atoms with Crippen LogP contribution in [0, 0.1) is 11.3 Å². The predicted octanol–water partition coefficient (Wildman–Crippen LogP) is 3.04. The molecule has 0 saturated carbocycles. The van der Waals surface area contributed by atoms with Crippen LogP contribution in [0.3, 0.4) is 0 Å². The number of aliphatic hydroxyl groups is 1. The summed E-state index contributed by atoms with van der Waals surface area (Å²) in [5.74, 6) is -0.468. The first kappa shape index (κ1) is 24.6. The number of carbonyl (C=O) groups is 1. The minimum atomic E-state index is -4.01. The molecule has 7 nitrogen and oxygen atoms in total. The van der Waals surface area contributed by atoms with E-state index in [9.17, 15) is 18.3 Å². The Bertz CT molecular complexity index is 1020. The molecule has 3 rings (SSSR count). The van der Waals surface area contributed by atoms with Crippen molar-refractivity contribution in [1.29, 1.82) is 0 Å². The molecule has 0 bridgehead atoms. The van der Waals surface area contributed by atoms with E-state index in [2.05, 4.69) is 0 Å². The van der Waals surface area contributed by atoms with Crippen LogP contribution in [-0.2, 0) is 19.6 Å². The lowest BCUT2D eigenvalue weighted by Gasteiger charge is -2.32. The van der Waals surface area contributed by atoms with Crippen LogP contribution in [0.5, 0.6) is 5.75 Å². The third-order valence-electron chi connectivity index (χ3n) is 5.80. The predicted molar refractivity (Wildman–Crippen MR) is 123 cm³/mol. The van der Waals surface area contributed by atoms with Crippen LogP contribution in [0.4, 0.5) is 0 Å². The van der Waals surface area contributed by atoms with Crippen LogP contribution in [0.2, 0.25) is 0 Å². The number of hydrogen-bond acceptors (Lipinski definition) is 7. The summed E-state index contributed by atoms with van der Waals surface area (Å²) in [6, 6.07) is 14.5. The van der Waals surface area contributed by atoms with Crippen molar-refractivity contribution in [3.05, 3.63) is 54.6 Å². The van der Waals surface area contributed by atoms with Crippen molar-refractivity contribution >= 4 is 27.8 Å². The fourth-order valence-electron chi connectivity index (χ4n) is 4.25. The number of thioether (sulfide) groups is 1. The van der Waals surface area contributed by atoms with Gasteiger partial charge in [0.15, 0.2) is 0 Å². The van der Waals surface area contributed by atoms with E-state index in [1.807, 2.05) is 44.2 Å². The molecule has 32 heavy (non-hydrogen) atoms. The Kier molecular flexibility index (Phi) is 7.54. The standard InChI is InChI=1S/C23H29NO6S2/c1-23(2)15-24(32(27,28)18-12-10-16(29-3)11-13-18)21(22(26)30-4)20(23)19(25)14-31-17-8-6-5-7-9-17/h5-13,19-21,25H,14-15H2,1-4H3/t19-,20+,21-/m1/s1. The van der Waals surface area contributed by atoms with Gasteiger partial charge < -0.3 is 14.6 Å². The lowest BCUT2D eigenvalue weighted by Crippen LogP contribution is -2.47. The quantitative estimate of drug-likeness (QED) is 0.459. The number of methoxy groups -OCH3 is 2. The SMILES string of the molecule is COC(=O)[C@H]1[C@H]([C@H](O)CSc2ccccc2)C(C)(C)CN1S(=O)(=O)c1ccc(OC)cc1. The summed E-state index contributed by atoms with van der Waals surface area (Å²) in [6.07, 6.45) is -0.921. The molecule has 1 fully saturated rings. The van der Waals surface area contributed by atoms with Gasteiger partial charge >= 0.3 is 5.97 Å². The van der Waals surface area contributed by atoms with Gasteiger partial charge in [-0.25, -0.2) is 8.42 Å². The second-order valence-electron chi connectivity index (χ2n) is 8.40. The Balaban J connectivity index is 1.92. The molecule has 0 amide bonds. The van der Waals surface area contributed by atoms with Crippen LogP contribution >= 0.6 is 11.8 Å². The van der Waals surface area contributed by atoms with Crippen LogP contribution in [-0.4, -0.2) is 62.5 Å². The summed E-state index contributed by atoms with van der Waals surface area (Å²) in [7, 11) is -1.28. The zero-order valence-corrected chi connectivity index (χ0v) is 20.2. The molecule has 0 aromatic heterocycles. The highest BCUT2D eigenvalue weighted by atomic mass is 32.2. The van der Waals surface area contributed by atoms with Gasteiger partial charge in [0.05, 0.1) is 25.2 Å². The Labute approximate surface area is 193 Å². The highest BCUT2D eigenvalue weighted by Crippen LogP contribution is 2.45. The number of benzene rings is 2. The van der Waals surface area contributed by atoms with E-state index in [1.54, 1.807) is 12.1 Å². The molecule has 1 N–H and O–H groups in total. The third-order valence-corrected chi connectivity index (χ3v) is 8.76. The van der Waals surface area contributed by atoms with E-state index in [1.165, 1.54) is 42.4 Å². The van der Waals surface area contributed by atoms with Gasteiger partial charge in [0.1, 0.15) is 11.8 Å². The molecule has 9 heteroatoms. The Morgan fingerprint density at radius 3 is 2.34 bits per heavy atom. The molecule has 1 aliphatic heterocycles. The highest BCUT2D eigenvalue weighted by molar-refractivity contribution is 7.99. The topological polar surface area (TPSA) is 93.1 Å². The molecule has 1 aliphatic rings. The number of ether oxygens (including phenoxy) is 2. The zero-order valence-electron chi connectivity index (χ0n) is 18.6. The fourth-order valence-corrected chi connectivity index (χ4v) is 6.94. The first-order valence-electron chi connectivity index (χ1n) is 10.2. The Hall–Kier alpha value is -2.07. The number of carbonyl (C=O) groups excluding carboxylic acids is 1. The van der Waals surface area contributed by atoms with Gasteiger partial charge in [-0.3, -0.25) is 4.79 Å². The van der Waals surface area contributed by atoms with Crippen molar-refractivity contribution in [3.8, 4) is 5.75 Å². The van der Waals surface area contributed by atoms with Crippen molar-refractivity contribution in [3.63, 3.8) is 0 Å². The summed E-state index contributed by atoms with van der Waals surface area (Å²) >= 11 is 1.46. The highest BCUT2D eigenvalue weighted by Gasteiger charge is 2.57. The normalized spacial score (nSPS) is 21.8. The summed E-state index contributed by atoms with van der Waals surface area (Å²) in [6.45, 7) is 3.82. The zero-order chi connectivity index (χ0) is 23.5. The van der Waals surface area contributed by atoms with Crippen LogP contribution in [0.25, 0.3) is 0 Å². The van der Waals surface area contributed by atoms with E-state index in [-0.39, 0.29) is 11.4 Å². The number of hydrogen-bond donors (Lipinski definition) is 1. The van der Waals surface area contributed by atoms with E-state index >= 15 is 0 Å². The molecular formula is C23H29NO6S2. The van der Waals surface area contributed by atoms with E-state index in [0.29, 0.717) is 11.5 Å². The summed E-state index contributed by atoms with van der Waals surface area (Å²) in [4.78, 5) is 13.9. The van der Waals surface area contributed by atoms with Crippen LogP contribution < -0.4 is 4.74 Å². The number of rotatable bonds is 8. The molecule has 1 heterocycles. The van der Waals surface area contributed by atoms with Crippen LogP contribution in [0.1, 0.15) is 13.8 Å². The van der Waals surface area contributed by atoms with Crippen molar-refractivity contribution in [2.75, 3.05) is 26.5 Å². The van der Waals surface area contributed by atoms with E-state index < -0.39 is 39.5 Å². The molecule has 0 radical (unpaired) electrons. The van der Waals surface area contributed by atoms with Crippen molar-refractivity contribution in [2.24, 2.45) is 11.3 Å². The van der Waals surface area contributed by atoms with Gasteiger partial charge in [-0.2, -0.15) is 4.31 Å². The van der Waals surface area contributed by atoms with Crippen molar-refractivity contribution < 1.29 is 27.8 Å². The maximum Gasteiger partial charge on any atom is 0.324 e. The Morgan fingerprint density at radius 1 is 1.16 bits per heavy atom. The number of sulfonamides is 1. The van der Waals surface area contributed by atoms with E-state index in [4.69, 9.17) is 9.47 Å². The lowest BCUT2D eigenvalue weighted by atomic mass is 9.76. The summed E-state index contributed by atoms with van der Waals surface area (Å²) < 4.78 is 38.2. The molecule has 0 unspecified atom stereocenters. The molecule has 0 spiro atoms. The number of esters is 1. The lowest BCUT2D eigenvalue weighted by molar-refractivity contribution is -0.147. The average molecular weight is 480 g/mol. The van der Waals surface area contributed by atoms with Gasteiger partial charge in [-0.1, -0.05) is 32.0 Å². The average Bonchev–Trinajstić information content (AvgIpc) is 3.09. The summed E-state index contributed by atoms with van der Waals surface area (Å²) in [5, 5.41) is 11.1. The minimum Gasteiger partial charge on any atom is -0.497 e.